The minimum absolute atomic E-state index is 0.0829. The van der Waals surface area contributed by atoms with Crippen LogP contribution in [0.15, 0.2) is 36.4 Å². The van der Waals surface area contributed by atoms with Crippen LogP contribution in [0.4, 0.5) is 0 Å². The highest BCUT2D eigenvalue weighted by Gasteiger charge is 2.21. The third-order valence-electron chi connectivity index (χ3n) is 4.33. The highest BCUT2D eigenvalue weighted by atomic mass is 32.1. The van der Waals surface area contributed by atoms with Gasteiger partial charge in [-0.2, -0.15) is 5.10 Å². The van der Waals surface area contributed by atoms with E-state index in [-0.39, 0.29) is 11.9 Å². The van der Waals surface area contributed by atoms with Crippen LogP contribution in [0.5, 0.6) is 0 Å². The van der Waals surface area contributed by atoms with E-state index >= 15 is 0 Å². The van der Waals surface area contributed by atoms with Crippen molar-refractivity contribution < 1.29 is 4.79 Å². The molecule has 0 spiro atoms. The smallest absolute Gasteiger partial charge is 0.264 e. The van der Waals surface area contributed by atoms with Crippen LogP contribution in [0.2, 0.25) is 0 Å². The van der Waals surface area contributed by atoms with Gasteiger partial charge < -0.3 is 4.90 Å². The minimum Gasteiger partial charge on any atom is -0.338 e. The van der Waals surface area contributed by atoms with Gasteiger partial charge in [-0.15, -0.1) is 11.3 Å². The number of fused-ring (bicyclic) bond motifs is 1. The van der Waals surface area contributed by atoms with E-state index in [1.807, 2.05) is 60.0 Å². The number of para-hydroxylation sites is 1. The number of nitrogens with zero attached hydrogens (tertiary/aromatic N) is 3. The molecule has 0 fully saturated rings. The van der Waals surface area contributed by atoms with E-state index in [9.17, 15) is 4.79 Å². The number of hydrogen-bond donors (Lipinski definition) is 0. The fraction of sp³-hybridized carbons (Fsp3) is 0.333. The quantitative estimate of drug-likeness (QED) is 0.718. The molecule has 1 unspecified atom stereocenters. The molecule has 0 aliphatic rings. The molecular formula is C18H21N3OS. The van der Waals surface area contributed by atoms with Gasteiger partial charge in [0.1, 0.15) is 4.83 Å². The first-order chi connectivity index (χ1) is 11.0. The largest absolute Gasteiger partial charge is 0.338 e. The summed E-state index contributed by atoms with van der Waals surface area (Å²) in [6.07, 6.45) is 0.948. The van der Waals surface area contributed by atoms with E-state index in [0.717, 1.165) is 32.9 Å². The number of amides is 1. The molecule has 0 radical (unpaired) electrons. The van der Waals surface area contributed by atoms with Crippen LogP contribution in [0.1, 0.15) is 35.6 Å². The summed E-state index contributed by atoms with van der Waals surface area (Å²) >= 11 is 1.51. The minimum atomic E-state index is 0.0829. The average molecular weight is 327 g/mol. The van der Waals surface area contributed by atoms with Crippen LogP contribution >= 0.6 is 11.3 Å². The summed E-state index contributed by atoms with van der Waals surface area (Å²) in [5, 5.41) is 5.67. The second-order valence-corrected chi connectivity index (χ2v) is 6.87. The standard InChI is InChI=1S/C18H21N3OS/c1-5-12(2)20(4)17(22)16-11-15-13(3)19-21(18(15)23-16)14-9-7-6-8-10-14/h6-12H,5H2,1-4H3. The Morgan fingerprint density at radius 3 is 2.70 bits per heavy atom. The maximum Gasteiger partial charge on any atom is 0.264 e. The number of carbonyl (C=O) groups is 1. The molecule has 2 aromatic heterocycles. The monoisotopic (exact) mass is 327 g/mol. The van der Waals surface area contributed by atoms with Gasteiger partial charge in [0, 0.05) is 18.5 Å². The van der Waals surface area contributed by atoms with Gasteiger partial charge in [-0.05, 0) is 38.5 Å². The highest BCUT2D eigenvalue weighted by molar-refractivity contribution is 7.20. The molecule has 0 saturated carbocycles. The Balaban J connectivity index is 2.05. The van der Waals surface area contributed by atoms with Crippen molar-refractivity contribution in [2.24, 2.45) is 0 Å². The van der Waals surface area contributed by atoms with Crippen molar-refractivity contribution in [3.05, 3.63) is 47.0 Å². The van der Waals surface area contributed by atoms with Crippen LogP contribution < -0.4 is 0 Å². The summed E-state index contributed by atoms with van der Waals surface area (Å²) in [7, 11) is 1.87. The van der Waals surface area contributed by atoms with Gasteiger partial charge in [-0.3, -0.25) is 4.79 Å². The van der Waals surface area contributed by atoms with Gasteiger partial charge in [0.05, 0.1) is 16.3 Å². The number of thiophene rings is 1. The van der Waals surface area contributed by atoms with Crippen LogP contribution in [0.3, 0.4) is 0 Å². The Morgan fingerprint density at radius 1 is 1.35 bits per heavy atom. The molecule has 1 atom stereocenters. The average Bonchev–Trinajstić information content (AvgIpc) is 3.14. The molecule has 4 nitrogen and oxygen atoms in total. The fourth-order valence-electron chi connectivity index (χ4n) is 2.54. The summed E-state index contributed by atoms with van der Waals surface area (Å²) in [4.78, 5) is 16.3. The van der Waals surface area contributed by atoms with Gasteiger partial charge in [0.2, 0.25) is 0 Å². The second-order valence-electron chi connectivity index (χ2n) is 5.84. The van der Waals surface area contributed by atoms with E-state index in [4.69, 9.17) is 0 Å². The Hall–Kier alpha value is -2.14. The van der Waals surface area contributed by atoms with Crippen LogP contribution in [-0.4, -0.2) is 33.7 Å². The van der Waals surface area contributed by atoms with Crippen molar-refractivity contribution in [1.82, 2.24) is 14.7 Å². The maximum absolute atomic E-state index is 12.7. The predicted octanol–water partition coefficient (Wildman–Crippen LogP) is 4.27. The highest BCUT2D eigenvalue weighted by Crippen LogP contribution is 2.31. The molecule has 3 rings (SSSR count). The van der Waals surface area contributed by atoms with Gasteiger partial charge in [0.15, 0.2) is 0 Å². The van der Waals surface area contributed by atoms with Crippen molar-refractivity contribution in [2.75, 3.05) is 7.05 Å². The van der Waals surface area contributed by atoms with Crippen molar-refractivity contribution in [1.29, 1.82) is 0 Å². The van der Waals surface area contributed by atoms with E-state index in [1.165, 1.54) is 11.3 Å². The van der Waals surface area contributed by atoms with Crippen molar-refractivity contribution >= 4 is 27.5 Å². The Kier molecular flexibility index (Phi) is 4.22. The summed E-state index contributed by atoms with van der Waals surface area (Å²) in [5.74, 6) is 0.0829. The Labute approximate surface area is 140 Å². The lowest BCUT2D eigenvalue weighted by Crippen LogP contribution is -2.34. The predicted molar refractivity (Wildman–Crippen MR) is 95.5 cm³/mol. The van der Waals surface area contributed by atoms with E-state index in [0.29, 0.717) is 0 Å². The third-order valence-corrected chi connectivity index (χ3v) is 5.43. The number of benzene rings is 1. The molecule has 0 saturated heterocycles. The molecule has 23 heavy (non-hydrogen) atoms. The van der Waals surface area contributed by atoms with E-state index in [1.54, 1.807) is 0 Å². The van der Waals surface area contributed by atoms with E-state index in [2.05, 4.69) is 18.9 Å². The molecule has 5 heteroatoms. The SMILES string of the molecule is CCC(C)N(C)C(=O)c1cc2c(C)nn(-c3ccccc3)c2s1. The number of aryl methyl sites for hydroxylation is 1. The Bertz CT molecular complexity index is 835. The molecule has 0 aliphatic carbocycles. The molecule has 1 aromatic carbocycles. The first-order valence-corrected chi connectivity index (χ1v) is 8.66. The maximum atomic E-state index is 12.7. The summed E-state index contributed by atoms with van der Waals surface area (Å²) in [6.45, 7) is 6.15. The first-order valence-electron chi connectivity index (χ1n) is 7.84. The zero-order valence-corrected chi connectivity index (χ0v) is 14.7. The summed E-state index contributed by atoms with van der Waals surface area (Å²) < 4.78 is 1.93. The third kappa shape index (κ3) is 2.77. The molecule has 0 aliphatic heterocycles. The molecule has 2 heterocycles. The van der Waals surface area contributed by atoms with Crippen molar-refractivity contribution in [2.45, 2.75) is 33.2 Å². The van der Waals surface area contributed by atoms with Crippen molar-refractivity contribution in [3.8, 4) is 5.69 Å². The topological polar surface area (TPSA) is 38.1 Å². The molecule has 120 valence electrons. The lowest BCUT2D eigenvalue weighted by atomic mass is 10.2. The van der Waals surface area contributed by atoms with Crippen LogP contribution in [-0.2, 0) is 0 Å². The second kappa shape index (κ2) is 6.16. The number of carbonyl (C=O) groups excluding carboxylic acids is 1. The van der Waals surface area contributed by atoms with Gasteiger partial charge in [-0.25, -0.2) is 4.68 Å². The Morgan fingerprint density at radius 2 is 2.04 bits per heavy atom. The summed E-state index contributed by atoms with van der Waals surface area (Å²) in [5.41, 5.74) is 1.96. The molecule has 3 aromatic rings. The van der Waals surface area contributed by atoms with Gasteiger partial charge in [0.25, 0.3) is 5.91 Å². The fourth-order valence-corrected chi connectivity index (χ4v) is 3.71. The molecular weight excluding hydrogens is 306 g/mol. The number of rotatable bonds is 4. The molecule has 1 amide bonds. The number of hydrogen-bond acceptors (Lipinski definition) is 3. The van der Waals surface area contributed by atoms with Crippen LogP contribution in [0, 0.1) is 6.92 Å². The van der Waals surface area contributed by atoms with Crippen molar-refractivity contribution in [3.63, 3.8) is 0 Å². The van der Waals surface area contributed by atoms with Gasteiger partial charge >= 0.3 is 0 Å². The lowest BCUT2D eigenvalue weighted by molar-refractivity contribution is 0.0745. The number of aromatic nitrogens is 2. The molecule has 0 bridgehead atoms. The van der Waals surface area contributed by atoms with Gasteiger partial charge in [-0.1, -0.05) is 25.1 Å². The first kappa shape index (κ1) is 15.7. The summed E-state index contributed by atoms with van der Waals surface area (Å²) in [6, 6.07) is 12.2. The molecule has 0 N–H and O–H groups in total. The zero-order valence-electron chi connectivity index (χ0n) is 13.9. The normalized spacial score (nSPS) is 12.5. The zero-order chi connectivity index (χ0) is 16.6. The lowest BCUT2D eigenvalue weighted by Gasteiger charge is -2.23. The van der Waals surface area contributed by atoms with E-state index < -0.39 is 0 Å². The van der Waals surface area contributed by atoms with Crippen LogP contribution in [0.25, 0.3) is 15.9 Å².